The van der Waals surface area contributed by atoms with E-state index in [2.05, 4.69) is 25.7 Å². The van der Waals surface area contributed by atoms with Crippen LogP contribution in [0.4, 0.5) is 4.39 Å². The predicted molar refractivity (Wildman–Crippen MR) is 66.2 cm³/mol. The fraction of sp³-hybridized carbons (Fsp3) is 0.571. The number of hydrogen-bond donors (Lipinski definition) is 1. The molecule has 1 N–H and O–H groups in total. The fourth-order valence-corrected chi connectivity index (χ4v) is 2.59. The minimum atomic E-state index is -0.317. The molecule has 2 rings (SSSR count). The van der Waals surface area contributed by atoms with E-state index in [1.807, 2.05) is 6.07 Å². The van der Waals surface area contributed by atoms with Crippen molar-refractivity contribution in [3.05, 3.63) is 35.6 Å². The third-order valence-corrected chi connectivity index (χ3v) is 3.37. The van der Waals surface area contributed by atoms with Gasteiger partial charge < -0.3 is 5.11 Å². The van der Waals surface area contributed by atoms with Crippen LogP contribution >= 0.6 is 0 Å². The molecule has 0 bridgehead atoms. The standard InChI is InChI=1S/C14H20FNO/c1-14(2,3)16-9-12(17)8-13(16)10-5-4-6-11(15)7-10/h4-7,12-13,17H,8-9H2,1-3H3/t12-,13?/m1/s1. The van der Waals surface area contributed by atoms with E-state index in [0.29, 0.717) is 13.0 Å². The highest BCUT2D eigenvalue weighted by Crippen LogP contribution is 2.37. The van der Waals surface area contributed by atoms with Gasteiger partial charge in [-0.25, -0.2) is 4.39 Å². The molecule has 2 atom stereocenters. The molecule has 94 valence electrons. The van der Waals surface area contributed by atoms with E-state index in [9.17, 15) is 9.50 Å². The fourth-order valence-electron chi connectivity index (χ4n) is 2.59. The number of benzene rings is 1. The van der Waals surface area contributed by atoms with Gasteiger partial charge in [0, 0.05) is 18.1 Å². The van der Waals surface area contributed by atoms with Gasteiger partial charge in [-0.05, 0) is 44.9 Å². The van der Waals surface area contributed by atoms with Crippen LogP contribution in [0.2, 0.25) is 0 Å². The van der Waals surface area contributed by atoms with Crippen molar-refractivity contribution in [2.75, 3.05) is 6.54 Å². The second-order valence-corrected chi connectivity index (χ2v) is 5.78. The SMILES string of the molecule is CC(C)(C)N1C[C@H](O)CC1c1cccc(F)c1. The van der Waals surface area contributed by atoms with Crippen molar-refractivity contribution < 1.29 is 9.50 Å². The van der Waals surface area contributed by atoms with Crippen molar-refractivity contribution in [1.29, 1.82) is 0 Å². The minimum Gasteiger partial charge on any atom is -0.392 e. The third kappa shape index (κ3) is 2.67. The lowest BCUT2D eigenvalue weighted by atomic mass is 9.99. The van der Waals surface area contributed by atoms with Crippen molar-refractivity contribution in [3.8, 4) is 0 Å². The smallest absolute Gasteiger partial charge is 0.123 e. The van der Waals surface area contributed by atoms with Gasteiger partial charge in [0.25, 0.3) is 0 Å². The molecule has 2 nitrogen and oxygen atoms in total. The number of aliphatic hydroxyl groups excluding tert-OH is 1. The molecule has 0 amide bonds. The molecule has 1 unspecified atom stereocenters. The summed E-state index contributed by atoms with van der Waals surface area (Å²) in [6.45, 7) is 7.02. The summed E-state index contributed by atoms with van der Waals surface area (Å²) in [5.74, 6) is -0.210. The van der Waals surface area contributed by atoms with Gasteiger partial charge in [-0.1, -0.05) is 12.1 Å². The molecule has 0 saturated carbocycles. The highest BCUT2D eigenvalue weighted by molar-refractivity contribution is 5.22. The third-order valence-electron chi connectivity index (χ3n) is 3.37. The Morgan fingerprint density at radius 2 is 2.06 bits per heavy atom. The molecule has 0 radical (unpaired) electrons. The zero-order valence-electron chi connectivity index (χ0n) is 10.7. The van der Waals surface area contributed by atoms with E-state index in [1.54, 1.807) is 12.1 Å². The number of β-amino-alcohol motifs (C(OH)–C–C–N with tert-alkyl or cyclic N) is 1. The Hall–Kier alpha value is -0.930. The molecule has 1 aromatic rings. The molecule has 1 aromatic carbocycles. The molecule has 1 heterocycles. The second-order valence-electron chi connectivity index (χ2n) is 5.78. The van der Waals surface area contributed by atoms with Crippen LogP contribution < -0.4 is 0 Å². The summed E-state index contributed by atoms with van der Waals surface area (Å²) in [7, 11) is 0. The first-order valence-electron chi connectivity index (χ1n) is 6.08. The summed E-state index contributed by atoms with van der Waals surface area (Å²) in [6.07, 6.45) is 0.364. The summed E-state index contributed by atoms with van der Waals surface area (Å²) in [5.41, 5.74) is 0.936. The largest absolute Gasteiger partial charge is 0.392 e. The molecular weight excluding hydrogens is 217 g/mol. The first-order valence-corrected chi connectivity index (χ1v) is 6.08. The highest BCUT2D eigenvalue weighted by Gasteiger charge is 2.38. The lowest BCUT2D eigenvalue weighted by Crippen LogP contribution is -2.41. The van der Waals surface area contributed by atoms with Crippen molar-refractivity contribution in [1.82, 2.24) is 4.90 Å². The van der Waals surface area contributed by atoms with E-state index in [-0.39, 0.29) is 23.5 Å². The van der Waals surface area contributed by atoms with Crippen LogP contribution in [0.1, 0.15) is 38.8 Å². The Morgan fingerprint density at radius 3 is 2.65 bits per heavy atom. The molecule has 1 fully saturated rings. The molecule has 1 saturated heterocycles. The Bertz CT molecular complexity index is 399. The van der Waals surface area contributed by atoms with E-state index < -0.39 is 0 Å². The molecular formula is C14H20FNO. The Kier molecular flexibility index (Phi) is 3.23. The predicted octanol–water partition coefficient (Wildman–Crippen LogP) is 2.73. The zero-order valence-corrected chi connectivity index (χ0v) is 10.7. The minimum absolute atomic E-state index is 0.0194. The quantitative estimate of drug-likeness (QED) is 0.812. The van der Waals surface area contributed by atoms with Crippen LogP contribution in [-0.4, -0.2) is 28.2 Å². The number of halogens is 1. The number of rotatable bonds is 1. The number of likely N-dealkylation sites (tertiary alicyclic amines) is 1. The van der Waals surface area contributed by atoms with Gasteiger partial charge >= 0.3 is 0 Å². The van der Waals surface area contributed by atoms with Gasteiger partial charge in [0.05, 0.1) is 6.10 Å². The Labute approximate surface area is 102 Å². The van der Waals surface area contributed by atoms with Crippen molar-refractivity contribution in [2.24, 2.45) is 0 Å². The molecule has 1 aliphatic heterocycles. The van der Waals surface area contributed by atoms with Crippen LogP contribution in [0.25, 0.3) is 0 Å². The van der Waals surface area contributed by atoms with Gasteiger partial charge in [-0.15, -0.1) is 0 Å². The average molecular weight is 237 g/mol. The number of nitrogens with zero attached hydrogens (tertiary/aromatic N) is 1. The highest BCUT2D eigenvalue weighted by atomic mass is 19.1. The van der Waals surface area contributed by atoms with Crippen molar-refractivity contribution in [2.45, 2.75) is 44.9 Å². The van der Waals surface area contributed by atoms with Crippen molar-refractivity contribution in [3.63, 3.8) is 0 Å². The summed E-state index contributed by atoms with van der Waals surface area (Å²) < 4.78 is 13.3. The number of hydrogen-bond acceptors (Lipinski definition) is 2. The summed E-state index contributed by atoms with van der Waals surface area (Å²) in [6, 6.07) is 6.80. The molecule has 1 aliphatic rings. The van der Waals surface area contributed by atoms with Crippen LogP contribution in [0.15, 0.2) is 24.3 Å². The topological polar surface area (TPSA) is 23.5 Å². The normalized spacial score (nSPS) is 26.4. The lowest BCUT2D eigenvalue weighted by molar-refractivity contribution is 0.104. The molecule has 17 heavy (non-hydrogen) atoms. The van der Waals surface area contributed by atoms with Crippen LogP contribution in [0.5, 0.6) is 0 Å². The Morgan fingerprint density at radius 1 is 1.35 bits per heavy atom. The maximum absolute atomic E-state index is 13.3. The maximum Gasteiger partial charge on any atom is 0.123 e. The lowest BCUT2D eigenvalue weighted by Gasteiger charge is -2.37. The monoisotopic (exact) mass is 237 g/mol. The zero-order chi connectivity index (χ0) is 12.6. The van der Waals surface area contributed by atoms with Gasteiger partial charge in [0.15, 0.2) is 0 Å². The Balaban J connectivity index is 2.30. The van der Waals surface area contributed by atoms with Crippen LogP contribution in [0, 0.1) is 5.82 Å². The summed E-state index contributed by atoms with van der Waals surface area (Å²) >= 11 is 0. The van der Waals surface area contributed by atoms with Gasteiger partial charge in [0.2, 0.25) is 0 Å². The average Bonchev–Trinajstić information content (AvgIpc) is 2.60. The van der Waals surface area contributed by atoms with E-state index in [0.717, 1.165) is 5.56 Å². The van der Waals surface area contributed by atoms with Crippen molar-refractivity contribution >= 4 is 0 Å². The van der Waals surface area contributed by atoms with E-state index in [1.165, 1.54) is 6.07 Å². The van der Waals surface area contributed by atoms with Gasteiger partial charge in [0.1, 0.15) is 5.82 Å². The first-order chi connectivity index (χ1) is 7.88. The molecule has 0 aromatic heterocycles. The second kappa shape index (κ2) is 4.39. The molecule has 0 aliphatic carbocycles. The van der Waals surface area contributed by atoms with Gasteiger partial charge in [-0.2, -0.15) is 0 Å². The van der Waals surface area contributed by atoms with Crippen LogP contribution in [0.3, 0.4) is 0 Å². The summed E-state index contributed by atoms with van der Waals surface area (Å²) in [5, 5.41) is 9.83. The first kappa shape index (κ1) is 12.5. The van der Waals surface area contributed by atoms with E-state index >= 15 is 0 Å². The number of aliphatic hydroxyl groups is 1. The molecule has 3 heteroatoms. The summed E-state index contributed by atoms with van der Waals surface area (Å²) in [4.78, 5) is 2.24. The van der Waals surface area contributed by atoms with Gasteiger partial charge in [-0.3, -0.25) is 4.90 Å². The molecule has 0 spiro atoms. The maximum atomic E-state index is 13.3. The van der Waals surface area contributed by atoms with E-state index in [4.69, 9.17) is 0 Å². The van der Waals surface area contributed by atoms with Crippen LogP contribution in [-0.2, 0) is 0 Å².